The van der Waals surface area contributed by atoms with Gasteiger partial charge in [-0.25, -0.2) is 0 Å². The van der Waals surface area contributed by atoms with Gasteiger partial charge in [0.2, 0.25) is 0 Å². The van der Waals surface area contributed by atoms with Gasteiger partial charge in [-0.05, 0) is 35.7 Å². The van der Waals surface area contributed by atoms with E-state index in [2.05, 4.69) is 20.9 Å². The maximum atomic E-state index is 13.0. The Bertz CT molecular complexity index is 656. The summed E-state index contributed by atoms with van der Waals surface area (Å²) in [7, 11) is 0. The Morgan fingerprint density at radius 3 is 2.44 bits per heavy atom. The van der Waals surface area contributed by atoms with E-state index in [-0.39, 0.29) is 32.5 Å². The van der Waals surface area contributed by atoms with E-state index >= 15 is 0 Å². The van der Waals surface area contributed by atoms with E-state index < -0.39 is 23.3 Å². The number of carbonyl (C=O) groups excluding carboxylic acids is 2. The van der Waals surface area contributed by atoms with E-state index in [1.54, 1.807) is 4.90 Å². The molecule has 2 heterocycles. The number of esters is 1. The molecule has 0 atom stereocenters. The third kappa shape index (κ3) is 3.92. The summed E-state index contributed by atoms with van der Waals surface area (Å²) in [5.74, 6) is -3.19. The fourth-order valence-corrected chi connectivity index (χ4v) is 3.86. The summed E-state index contributed by atoms with van der Waals surface area (Å²) < 4.78 is 44.4. The summed E-state index contributed by atoms with van der Waals surface area (Å²) >= 11 is 9.41. The fraction of sp³-hybridized carbons (Fsp3) is 0.533. The lowest BCUT2D eigenvalue weighted by atomic mass is 9.74. The number of halogens is 5. The van der Waals surface area contributed by atoms with Gasteiger partial charge in [-0.2, -0.15) is 13.2 Å². The highest BCUT2D eigenvalue weighted by Crippen LogP contribution is 2.43. The van der Waals surface area contributed by atoms with Crippen molar-refractivity contribution < 1.29 is 27.5 Å². The van der Waals surface area contributed by atoms with Gasteiger partial charge < -0.3 is 9.64 Å². The number of piperidine rings is 1. The van der Waals surface area contributed by atoms with Crippen molar-refractivity contribution in [2.24, 2.45) is 5.41 Å². The zero-order chi connectivity index (χ0) is 18.8. The third-order valence-electron chi connectivity index (χ3n) is 4.12. The molecule has 0 bridgehead atoms. The monoisotopic (exact) mass is 442 g/mol. The average Bonchev–Trinajstić information content (AvgIpc) is 2.54. The van der Waals surface area contributed by atoms with Crippen molar-refractivity contribution in [1.82, 2.24) is 4.98 Å². The standard InChI is InChI=1S/C15H15BrClF3N2O3/c1-2-25-13(24)14(12(23)15(18,19)20)3-5-22(6-4-14)11-9(16)7-21-8-10(11)17/h7-8H,2-6H2,1H3. The molecule has 0 amide bonds. The number of hydrogen-bond donors (Lipinski definition) is 0. The van der Waals surface area contributed by atoms with Crippen LogP contribution in [-0.2, 0) is 14.3 Å². The van der Waals surface area contributed by atoms with Gasteiger partial charge in [0.25, 0.3) is 5.78 Å². The van der Waals surface area contributed by atoms with Crippen molar-refractivity contribution >= 4 is 45.0 Å². The molecule has 1 fully saturated rings. The molecule has 0 aliphatic carbocycles. The fourth-order valence-electron chi connectivity index (χ4n) is 2.88. The predicted molar refractivity (Wildman–Crippen MR) is 88.5 cm³/mol. The number of rotatable bonds is 4. The largest absolute Gasteiger partial charge is 0.465 e. The lowest BCUT2D eigenvalue weighted by molar-refractivity contribution is -0.191. The van der Waals surface area contributed by atoms with Gasteiger partial charge >= 0.3 is 12.1 Å². The van der Waals surface area contributed by atoms with Crippen molar-refractivity contribution in [3.63, 3.8) is 0 Å². The van der Waals surface area contributed by atoms with E-state index in [1.165, 1.54) is 19.3 Å². The molecule has 2 rings (SSSR count). The van der Waals surface area contributed by atoms with Crippen LogP contribution in [0.2, 0.25) is 5.02 Å². The first-order valence-corrected chi connectivity index (χ1v) is 8.63. The Balaban J connectivity index is 2.30. The molecule has 5 nitrogen and oxygen atoms in total. The molecule has 1 aromatic rings. The number of aromatic nitrogens is 1. The minimum Gasteiger partial charge on any atom is -0.465 e. The first-order chi connectivity index (χ1) is 11.6. The van der Waals surface area contributed by atoms with Crippen LogP contribution in [0.1, 0.15) is 19.8 Å². The topological polar surface area (TPSA) is 59.5 Å². The van der Waals surface area contributed by atoms with E-state index in [9.17, 15) is 22.8 Å². The Morgan fingerprint density at radius 2 is 1.96 bits per heavy atom. The summed E-state index contributed by atoms with van der Waals surface area (Å²) in [6.07, 6.45) is -2.81. The van der Waals surface area contributed by atoms with E-state index in [0.717, 1.165) is 0 Å². The summed E-state index contributed by atoms with van der Waals surface area (Å²) in [4.78, 5) is 29.7. The highest BCUT2D eigenvalue weighted by molar-refractivity contribution is 9.10. The maximum Gasteiger partial charge on any atom is 0.451 e. The molecule has 25 heavy (non-hydrogen) atoms. The number of ether oxygens (including phenoxy) is 1. The zero-order valence-corrected chi connectivity index (χ0v) is 15.5. The second kappa shape index (κ2) is 7.49. The maximum absolute atomic E-state index is 13.0. The van der Waals surface area contributed by atoms with Crippen LogP contribution in [0.15, 0.2) is 16.9 Å². The molecule has 0 radical (unpaired) electrons. The number of pyridine rings is 1. The third-order valence-corrected chi connectivity index (χ3v) is 4.98. The molecular weight excluding hydrogens is 429 g/mol. The van der Waals surface area contributed by atoms with E-state index in [1.807, 2.05) is 0 Å². The lowest BCUT2D eigenvalue weighted by Crippen LogP contribution is -2.54. The zero-order valence-electron chi connectivity index (χ0n) is 13.2. The van der Waals surface area contributed by atoms with Gasteiger partial charge in [0.15, 0.2) is 0 Å². The lowest BCUT2D eigenvalue weighted by Gasteiger charge is -2.40. The number of carbonyl (C=O) groups is 2. The number of alkyl halides is 3. The first-order valence-electron chi connectivity index (χ1n) is 7.46. The molecule has 0 saturated carbocycles. The smallest absolute Gasteiger partial charge is 0.451 e. The molecule has 138 valence electrons. The molecule has 1 saturated heterocycles. The molecule has 1 aromatic heterocycles. The van der Waals surface area contributed by atoms with Crippen LogP contribution >= 0.6 is 27.5 Å². The number of nitrogens with zero attached hydrogens (tertiary/aromatic N) is 2. The van der Waals surface area contributed by atoms with Crippen molar-refractivity contribution in [2.75, 3.05) is 24.6 Å². The first kappa shape index (κ1) is 20.0. The minimum absolute atomic E-state index is 0.0446. The van der Waals surface area contributed by atoms with Crippen LogP contribution in [0, 0.1) is 5.41 Å². The van der Waals surface area contributed by atoms with Crippen LogP contribution in [0.4, 0.5) is 18.9 Å². The molecule has 1 aliphatic rings. The van der Waals surface area contributed by atoms with E-state index in [4.69, 9.17) is 16.3 Å². The summed E-state index contributed by atoms with van der Waals surface area (Å²) in [5.41, 5.74) is -1.65. The summed E-state index contributed by atoms with van der Waals surface area (Å²) in [6.45, 7) is 1.47. The summed E-state index contributed by atoms with van der Waals surface area (Å²) in [6, 6.07) is 0. The Labute approximate surface area is 155 Å². The number of hydrogen-bond acceptors (Lipinski definition) is 5. The van der Waals surface area contributed by atoms with Gasteiger partial charge in [0.05, 0.1) is 21.8 Å². The number of anilines is 1. The number of Topliss-reactive ketones (excluding diaryl/α,β-unsaturated/α-hetero) is 1. The van der Waals surface area contributed by atoms with Crippen LogP contribution < -0.4 is 4.90 Å². The number of ketones is 1. The van der Waals surface area contributed by atoms with Crippen molar-refractivity contribution in [3.8, 4) is 0 Å². The molecule has 0 spiro atoms. The Morgan fingerprint density at radius 1 is 1.36 bits per heavy atom. The van der Waals surface area contributed by atoms with E-state index in [0.29, 0.717) is 15.2 Å². The van der Waals surface area contributed by atoms with Crippen molar-refractivity contribution in [3.05, 3.63) is 21.9 Å². The van der Waals surface area contributed by atoms with Gasteiger partial charge in [-0.15, -0.1) is 0 Å². The van der Waals surface area contributed by atoms with Crippen LogP contribution in [0.25, 0.3) is 0 Å². The van der Waals surface area contributed by atoms with Crippen molar-refractivity contribution in [2.45, 2.75) is 25.9 Å². The highest BCUT2D eigenvalue weighted by atomic mass is 79.9. The van der Waals surface area contributed by atoms with Crippen LogP contribution in [-0.4, -0.2) is 42.6 Å². The second-order valence-corrected chi connectivity index (χ2v) is 6.83. The van der Waals surface area contributed by atoms with Crippen molar-refractivity contribution in [1.29, 1.82) is 0 Å². The Hall–Kier alpha value is -1.35. The summed E-state index contributed by atoms with van der Waals surface area (Å²) in [5, 5.41) is 0.320. The van der Waals surface area contributed by atoms with Gasteiger partial charge in [-0.1, -0.05) is 11.6 Å². The predicted octanol–water partition coefficient (Wildman–Crippen LogP) is 3.78. The SMILES string of the molecule is CCOC(=O)C1(C(=O)C(F)(F)F)CCN(c2c(Cl)cncc2Br)CC1. The minimum atomic E-state index is -5.11. The van der Waals surface area contributed by atoms with Gasteiger partial charge in [0.1, 0.15) is 5.41 Å². The molecule has 0 N–H and O–H groups in total. The average molecular weight is 444 g/mol. The molecule has 0 aromatic carbocycles. The van der Waals surface area contributed by atoms with Gasteiger partial charge in [-0.3, -0.25) is 14.6 Å². The Kier molecular flexibility index (Phi) is 5.98. The van der Waals surface area contributed by atoms with Gasteiger partial charge in [0, 0.05) is 25.5 Å². The quantitative estimate of drug-likeness (QED) is 0.524. The second-order valence-electron chi connectivity index (χ2n) is 5.57. The molecular formula is C15H15BrClF3N2O3. The van der Waals surface area contributed by atoms with Crippen LogP contribution in [0.3, 0.4) is 0 Å². The molecule has 10 heteroatoms. The molecule has 0 unspecified atom stereocenters. The highest BCUT2D eigenvalue weighted by Gasteiger charge is 2.59. The van der Waals surface area contributed by atoms with Crippen LogP contribution in [0.5, 0.6) is 0 Å². The normalized spacial score (nSPS) is 17.3. The molecule has 1 aliphatic heterocycles.